The lowest BCUT2D eigenvalue weighted by atomic mass is 10.2. The Bertz CT molecular complexity index is 832. The molecule has 2 rings (SSSR count). The number of nitrogens with zero attached hydrogens (tertiary/aromatic N) is 1. The summed E-state index contributed by atoms with van der Waals surface area (Å²) in [5, 5.41) is 15.8. The van der Waals surface area contributed by atoms with Gasteiger partial charge in [-0.15, -0.1) is 0 Å². The van der Waals surface area contributed by atoms with E-state index in [-0.39, 0.29) is 29.5 Å². The Morgan fingerprint density at radius 1 is 1.11 bits per heavy atom. The van der Waals surface area contributed by atoms with Crippen LogP contribution < -0.4 is 10.6 Å². The van der Waals surface area contributed by atoms with Gasteiger partial charge in [0, 0.05) is 35.7 Å². The summed E-state index contributed by atoms with van der Waals surface area (Å²) >= 11 is 1.48. The minimum atomic E-state index is -0.595. The molecule has 0 aliphatic carbocycles. The molecule has 2 aromatic carbocycles. The van der Waals surface area contributed by atoms with E-state index in [1.165, 1.54) is 36.0 Å². The quantitative estimate of drug-likeness (QED) is 0.389. The molecule has 0 saturated heterocycles. The van der Waals surface area contributed by atoms with Gasteiger partial charge in [0.15, 0.2) is 0 Å². The molecule has 2 amide bonds. The van der Waals surface area contributed by atoms with E-state index < -0.39 is 10.8 Å². The molecule has 0 saturated carbocycles. The van der Waals surface area contributed by atoms with Crippen LogP contribution in [0.25, 0.3) is 0 Å². The molecule has 0 aliphatic rings. The second kappa shape index (κ2) is 10.3. The van der Waals surface area contributed by atoms with Gasteiger partial charge in [-0.3, -0.25) is 19.7 Å². The van der Waals surface area contributed by atoms with E-state index in [9.17, 15) is 24.1 Å². The molecule has 0 aliphatic heterocycles. The molecule has 0 bridgehead atoms. The highest BCUT2D eigenvalue weighted by Crippen LogP contribution is 2.15. The summed E-state index contributed by atoms with van der Waals surface area (Å²) < 4.78 is 13.5. The Morgan fingerprint density at radius 3 is 2.63 bits per heavy atom. The lowest BCUT2D eigenvalue weighted by molar-refractivity contribution is -0.384. The van der Waals surface area contributed by atoms with Crippen molar-refractivity contribution < 1.29 is 18.9 Å². The fourth-order valence-corrected chi connectivity index (χ4v) is 2.99. The second-order valence-corrected chi connectivity index (χ2v) is 6.59. The van der Waals surface area contributed by atoms with Crippen LogP contribution in [0.15, 0.2) is 48.5 Å². The molecule has 142 valence electrons. The van der Waals surface area contributed by atoms with E-state index in [4.69, 9.17) is 0 Å². The third-order valence-electron chi connectivity index (χ3n) is 3.51. The lowest BCUT2D eigenvalue weighted by Crippen LogP contribution is -2.37. The third-order valence-corrected chi connectivity index (χ3v) is 4.52. The number of benzene rings is 2. The van der Waals surface area contributed by atoms with Crippen LogP contribution in [0.4, 0.5) is 10.1 Å². The number of hydrogen-bond acceptors (Lipinski definition) is 5. The number of carbonyl (C=O) groups excluding carboxylic acids is 2. The summed E-state index contributed by atoms with van der Waals surface area (Å²) in [5.74, 6) is -0.0914. The van der Waals surface area contributed by atoms with Crippen molar-refractivity contribution in [3.63, 3.8) is 0 Å². The molecular formula is C18H18FN3O4S. The summed E-state index contributed by atoms with van der Waals surface area (Å²) in [6, 6.07) is 11.8. The maximum absolute atomic E-state index is 13.5. The van der Waals surface area contributed by atoms with Crippen molar-refractivity contribution in [1.29, 1.82) is 0 Å². The number of hydrogen-bond donors (Lipinski definition) is 2. The molecule has 2 N–H and O–H groups in total. The van der Waals surface area contributed by atoms with Crippen LogP contribution in [0, 0.1) is 15.9 Å². The van der Waals surface area contributed by atoms with Crippen LogP contribution in [-0.4, -0.2) is 35.6 Å². The summed E-state index contributed by atoms with van der Waals surface area (Å²) in [7, 11) is 0. The maximum atomic E-state index is 13.5. The van der Waals surface area contributed by atoms with Crippen LogP contribution >= 0.6 is 11.8 Å². The Labute approximate surface area is 159 Å². The Balaban J connectivity index is 1.66. The number of nitro groups is 1. The minimum absolute atomic E-state index is 0.109. The first-order chi connectivity index (χ1) is 13.0. The summed E-state index contributed by atoms with van der Waals surface area (Å²) in [5.41, 5.74) is 0.523. The normalized spacial score (nSPS) is 10.3. The van der Waals surface area contributed by atoms with Crippen molar-refractivity contribution in [3.05, 3.63) is 75.6 Å². The van der Waals surface area contributed by atoms with Gasteiger partial charge in [-0.1, -0.05) is 24.3 Å². The van der Waals surface area contributed by atoms with E-state index in [0.29, 0.717) is 23.6 Å². The van der Waals surface area contributed by atoms with Crippen molar-refractivity contribution in [2.75, 3.05) is 18.8 Å². The average Bonchev–Trinajstić information content (AvgIpc) is 2.67. The molecule has 9 heteroatoms. The van der Waals surface area contributed by atoms with Gasteiger partial charge in [-0.2, -0.15) is 11.8 Å². The van der Waals surface area contributed by atoms with E-state index in [0.717, 1.165) is 6.07 Å². The predicted octanol–water partition coefficient (Wildman–Crippen LogP) is 2.51. The molecular weight excluding hydrogens is 373 g/mol. The number of rotatable bonds is 9. The Kier molecular flexibility index (Phi) is 7.75. The monoisotopic (exact) mass is 391 g/mol. The number of nitro benzene ring substituents is 1. The summed E-state index contributed by atoms with van der Waals surface area (Å²) in [6.45, 7) is 0.143. The zero-order valence-electron chi connectivity index (χ0n) is 14.3. The highest BCUT2D eigenvalue weighted by atomic mass is 32.2. The maximum Gasteiger partial charge on any atom is 0.270 e. The van der Waals surface area contributed by atoms with Crippen LogP contribution in [0.2, 0.25) is 0 Å². The van der Waals surface area contributed by atoms with Crippen LogP contribution in [0.5, 0.6) is 0 Å². The zero-order chi connectivity index (χ0) is 19.6. The van der Waals surface area contributed by atoms with Crippen molar-refractivity contribution in [2.24, 2.45) is 0 Å². The summed E-state index contributed by atoms with van der Waals surface area (Å²) in [4.78, 5) is 33.8. The Hall–Kier alpha value is -2.94. The van der Waals surface area contributed by atoms with Gasteiger partial charge in [0.1, 0.15) is 5.82 Å². The largest absolute Gasteiger partial charge is 0.354 e. The topological polar surface area (TPSA) is 101 Å². The van der Waals surface area contributed by atoms with Gasteiger partial charge in [-0.05, 0) is 17.7 Å². The first kappa shape index (κ1) is 20.4. The molecule has 0 unspecified atom stereocenters. The van der Waals surface area contributed by atoms with Crippen molar-refractivity contribution >= 4 is 29.3 Å². The van der Waals surface area contributed by atoms with Gasteiger partial charge in [0.2, 0.25) is 5.91 Å². The molecule has 0 fully saturated rings. The number of carbonyl (C=O) groups is 2. The predicted molar refractivity (Wildman–Crippen MR) is 101 cm³/mol. The molecule has 27 heavy (non-hydrogen) atoms. The molecule has 7 nitrogen and oxygen atoms in total. The van der Waals surface area contributed by atoms with Crippen LogP contribution in [-0.2, 0) is 10.5 Å². The molecule has 0 atom stereocenters. The highest BCUT2D eigenvalue weighted by molar-refractivity contribution is 7.98. The van der Waals surface area contributed by atoms with Crippen molar-refractivity contribution in [3.8, 4) is 0 Å². The van der Waals surface area contributed by atoms with Crippen LogP contribution in [0.3, 0.4) is 0 Å². The first-order valence-electron chi connectivity index (χ1n) is 8.08. The molecule has 2 aromatic rings. The Morgan fingerprint density at radius 2 is 1.89 bits per heavy atom. The SMILES string of the molecule is O=C(CNC(=O)c1cccc([N+](=O)[O-])c1)NCCSCc1ccccc1F. The van der Waals surface area contributed by atoms with Gasteiger partial charge < -0.3 is 10.6 Å². The molecule has 0 aromatic heterocycles. The summed E-state index contributed by atoms with van der Waals surface area (Å²) in [6.07, 6.45) is 0. The number of thioether (sulfide) groups is 1. The van der Waals surface area contributed by atoms with E-state index in [1.807, 2.05) is 0 Å². The van der Waals surface area contributed by atoms with E-state index >= 15 is 0 Å². The molecule has 0 heterocycles. The van der Waals surface area contributed by atoms with E-state index in [1.54, 1.807) is 18.2 Å². The number of amides is 2. The van der Waals surface area contributed by atoms with Gasteiger partial charge >= 0.3 is 0 Å². The lowest BCUT2D eigenvalue weighted by Gasteiger charge is -2.07. The number of halogens is 1. The van der Waals surface area contributed by atoms with Gasteiger partial charge in [0.05, 0.1) is 11.5 Å². The standard InChI is InChI=1S/C18H18FN3O4S/c19-16-7-2-1-4-14(16)12-27-9-8-20-17(23)11-21-18(24)13-5-3-6-15(10-13)22(25)26/h1-7,10H,8-9,11-12H2,(H,20,23)(H,21,24). The van der Waals surface area contributed by atoms with Gasteiger partial charge in [0.25, 0.3) is 11.6 Å². The molecule has 0 radical (unpaired) electrons. The van der Waals surface area contributed by atoms with Crippen molar-refractivity contribution in [1.82, 2.24) is 10.6 Å². The van der Waals surface area contributed by atoms with Gasteiger partial charge in [-0.25, -0.2) is 4.39 Å². The second-order valence-electron chi connectivity index (χ2n) is 5.48. The molecule has 0 spiro atoms. The third kappa shape index (κ3) is 6.70. The average molecular weight is 391 g/mol. The highest BCUT2D eigenvalue weighted by Gasteiger charge is 2.12. The van der Waals surface area contributed by atoms with E-state index in [2.05, 4.69) is 10.6 Å². The smallest absolute Gasteiger partial charge is 0.270 e. The first-order valence-corrected chi connectivity index (χ1v) is 9.23. The van der Waals surface area contributed by atoms with Crippen molar-refractivity contribution in [2.45, 2.75) is 5.75 Å². The number of non-ortho nitro benzene ring substituents is 1. The number of nitrogens with one attached hydrogen (secondary N) is 2. The minimum Gasteiger partial charge on any atom is -0.354 e. The van der Waals surface area contributed by atoms with Crippen LogP contribution in [0.1, 0.15) is 15.9 Å². The zero-order valence-corrected chi connectivity index (χ0v) is 15.1. The fraction of sp³-hybridized carbons (Fsp3) is 0.222. The fourth-order valence-electron chi connectivity index (χ4n) is 2.15.